The molecule has 1 N–H and O–H groups in total. The van der Waals surface area contributed by atoms with Crippen LogP contribution in [0.2, 0.25) is 0 Å². The number of oxazole rings is 1. The summed E-state index contributed by atoms with van der Waals surface area (Å²) in [4.78, 5) is 16.7. The number of ether oxygens (including phenoxy) is 1. The number of pyridine rings is 1. The summed E-state index contributed by atoms with van der Waals surface area (Å²) in [6, 6.07) is 14.7. The average Bonchev–Trinajstić information content (AvgIpc) is 3.20. The molecule has 0 aliphatic carbocycles. The van der Waals surface area contributed by atoms with Crippen LogP contribution in [0.3, 0.4) is 0 Å². The van der Waals surface area contributed by atoms with Crippen molar-refractivity contribution in [2.24, 2.45) is 0 Å². The first-order valence-corrected chi connectivity index (χ1v) is 10.3. The predicted molar refractivity (Wildman–Crippen MR) is 117 cm³/mol. The average molecular weight is 466 g/mol. The topological polar surface area (TPSA) is 81.1 Å². The Kier molecular flexibility index (Phi) is 5.55. The van der Waals surface area contributed by atoms with E-state index in [1.54, 1.807) is 28.8 Å². The number of carbonyl (C=O) groups is 1. The molecule has 7 heteroatoms. The molecule has 0 bridgehead atoms. The van der Waals surface area contributed by atoms with Gasteiger partial charge in [0.1, 0.15) is 6.61 Å². The standard InChI is InChI=1S/C23H20BrN3O3/c1-14-13-27(11-12-29-23(28)16-7-4-3-5-8-16)21(25)19-20(14)30-22(26-19)17-9-6-10-18(24)15(17)2/h3-10,13,25H,11-12H2,1-2H3. The number of esters is 1. The second-order valence-electron chi connectivity index (χ2n) is 6.97. The van der Waals surface area contributed by atoms with Crippen molar-refractivity contribution >= 4 is 33.0 Å². The first-order chi connectivity index (χ1) is 14.5. The van der Waals surface area contributed by atoms with Crippen LogP contribution in [-0.4, -0.2) is 22.1 Å². The number of nitrogens with zero attached hydrogens (tertiary/aromatic N) is 2. The Hall–Kier alpha value is -3.19. The molecule has 2 aromatic heterocycles. The van der Waals surface area contributed by atoms with Gasteiger partial charge in [-0.3, -0.25) is 5.41 Å². The molecule has 0 aliphatic heterocycles. The molecule has 4 rings (SSSR count). The number of rotatable bonds is 5. The maximum Gasteiger partial charge on any atom is 0.338 e. The summed E-state index contributed by atoms with van der Waals surface area (Å²) in [7, 11) is 0. The van der Waals surface area contributed by atoms with Crippen molar-refractivity contribution in [3.63, 3.8) is 0 Å². The molecule has 2 heterocycles. The zero-order valence-corrected chi connectivity index (χ0v) is 18.2. The maximum atomic E-state index is 12.1. The van der Waals surface area contributed by atoms with E-state index in [-0.39, 0.29) is 18.1 Å². The number of benzene rings is 2. The molecule has 0 spiro atoms. The van der Waals surface area contributed by atoms with Crippen LogP contribution in [0.5, 0.6) is 0 Å². The molecule has 4 aromatic rings. The maximum absolute atomic E-state index is 12.1. The fourth-order valence-corrected chi connectivity index (χ4v) is 3.63. The third kappa shape index (κ3) is 3.80. The van der Waals surface area contributed by atoms with Gasteiger partial charge < -0.3 is 13.7 Å². The van der Waals surface area contributed by atoms with E-state index in [1.807, 2.05) is 44.3 Å². The summed E-state index contributed by atoms with van der Waals surface area (Å²) in [5, 5.41) is 8.55. The zero-order valence-electron chi connectivity index (χ0n) is 16.6. The third-order valence-electron chi connectivity index (χ3n) is 4.92. The number of hydrogen-bond donors (Lipinski definition) is 1. The second-order valence-corrected chi connectivity index (χ2v) is 7.82. The monoisotopic (exact) mass is 465 g/mol. The zero-order chi connectivity index (χ0) is 21.3. The van der Waals surface area contributed by atoms with Gasteiger partial charge in [0.05, 0.1) is 12.1 Å². The van der Waals surface area contributed by atoms with Gasteiger partial charge in [0.25, 0.3) is 0 Å². The van der Waals surface area contributed by atoms with Crippen molar-refractivity contribution < 1.29 is 13.9 Å². The highest BCUT2D eigenvalue weighted by molar-refractivity contribution is 9.10. The Morgan fingerprint density at radius 3 is 2.70 bits per heavy atom. The number of aryl methyl sites for hydroxylation is 1. The van der Waals surface area contributed by atoms with E-state index in [1.165, 1.54) is 0 Å². The quantitative estimate of drug-likeness (QED) is 0.419. The minimum atomic E-state index is -0.380. The van der Waals surface area contributed by atoms with E-state index in [9.17, 15) is 4.79 Å². The molecule has 0 unspecified atom stereocenters. The molecule has 30 heavy (non-hydrogen) atoms. The summed E-state index contributed by atoms with van der Waals surface area (Å²) < 4.78 is 14.0. The fraction of sp³-hybridized carbons (Fsp3) is 0.174. The van der Waals surface area contributed by atoms with Crippen molar-refractivity contribution in [3.8, 4) is 11.5 Å². The van der Waals surface area contributed by atoms with E-state index in [2.05, 4.69) is 20.9 Å². The highest BCUT2D eigenvalue weighted by Crippen LogP contribution is 2.30. The number of carbonyl (C=O) groups excluding carboxylic acids is 1. The Labute approximate surface area is 181 Å². The van der Waals surface area contributed by atoms with Crippen molar-refractivity contribution in [1.29, 1.82) is 5.41 Å². The molecule has 0 fully saturated rings. The lowest BCUT2D eigenvalue weighted by Gasteiger charge is -2.09. The van der Waals surface area contributed by atoms with Crippen molar-refractivity contribution in [2.75, 3.05) is 6.61 Å². The molecule has 0 amide bonds. The Morgan fingerprint density at radius 1 is 1.17 bits per heavy atom. The number of fused-ring (bicyclic) bond motifs is 1. The first kappa shape index (κ1) is 20.1. The summed E-state index contributed by atoms with van der Waals surface area (Å²) in [5.74, 6) is 0.100. The number of hydrogen-bond acceptors (Lipinski definition) is 5. The van der Waals surface area contributed by atoms with E-state index < -0.39 is 0 Å². The lowest BCUT2D eigenvalue weighted by molar-refractivity contribution is 0.0490. The molecule has 6 nitrogen and oxygen atoms in total. The molecule has 0 atom stereocenters. The highest BCUT2D eigenvalue weighted by Gasteiger charge is 2.16. The van der Waals surface area contributed by atoms with Gasteiger partial charge in [-0.15, -0.1) is 0 Å². The molecule has 2 aromatic carbocycles. The van der Waals surface area contributed by atoms with Crippen LogP contribution >= 0.6 is 15.9 Å². The van der Waals surface area contributed by atoms with Crippen LogP contribution in [0.1, 0.15) is 21.5 Å². The molecule has 152 valence electrons. The molecule has 0 radical (unpaired) electrons. The second kappa shape index (κ2) is 8.28. The van der Waals surface area contributed by atoms with Crippen molar-refractivity contribution in [3.05, 3.63) is 81.4 Å². The van der Waals surface area contributed by atoms with Gasteiger partial charge in [-0.05, 0) is 43.7 Å². The van der Waals surface area contributed by atoms with E-state index >= 15 is 0 Å². The van der Waals surface area contributed by atoms with E-state index in [0.29, 0.717) is 29.1 Å². The Morgan fingerprint density at radius 2 is 1.93 bits per heavy atom. The van der Waals surface area contributed by atoms with Gasteiger partial charge in [-0.2, -0.15) is 0 Å². The van der Waals surface area contributed by atoms with Gasteiger partial charge in [0.15, 0.2) is 16.6 Å². The van der Waals surface area contributed by atoms with Crippen LogP contribution in [0.4, 0.5) is 0 Å². The van der Waals surface area contributed by atoms with Crippen LogP contribution in [0.15, 0.2) is 63.6 Å². The normalized spacial score (nSPS) is 11.0. The number of nitrogens with one attached hydrogen (secondary N) is 1. The lowest BCUT2D eigenvalue weighted by Crippen LogP contribution is -2.23. The highest BCUT2D eigenvalue weighted by atomic mass is 79.9. The SMILES string of the molecule is Cc1c(Br)cccc1-c1nc2c(=N)n(CCOC(=O)c3ccccc3)cc(C)c2o1. The largest absolute Gasteiger partial charge is 0.460 e. The Bertz CT molecular complexity index is 1290. The molecular weight excluding hydrogens is 446 g/mol. The van der Waals surface area contributed by atoms with E-state index in [4.69, 9.17) is 14.6 Å². The predicted octanol–water partition coefficient (Wildman–Crippen LogP) is 5.01. The number of aromatic nitrogens is 2. The molecule has 0 saturated carbocycles. The Balaban J connectivity index is 1.60. The summed E-state index contributed by atoms with van der Waals surface area (Å²) in [6.07, 6.45) is 1.82. The third-order valence-corrected chi connectivity index (χ3v) is 5.78. The molecule has 0 saturated heterocycles. The lowest BCUT2D eigenvalue weighted by atomic mass is 10.1. The van der Waals surface area contributed by atoms with Crippen LogP contribution in [-0.2, 0) is 11.3 Å². The van der Waals surface area contributed by atoms with Crippen LogP contribution < -0.4 is 5.49 Å². The van der Waals surface area contributed by atoms with Gasteiger partial charge in [0.2, 0.25) is 5.89 Å². The summed E-state index contributed by atoms with van der Waals surface area (Å²) in [5.41, 5.74) is 4.56. The molecular formula is C23H20BrN3O3. The van der Waals surface area contributed by atoms with Crippen molar-refractivity contribution in [1.82, 2.24) is 9.55 Å². The van der Waals surface area contributed by atoms with Gasteiger partial charge in [0, 0.05) is 21.8 Å². The minimum Gasteiger partial charge on any atom is -0.460 e. The van der Waals surface area contributed by atoms with Gasteiger partial charge in [-0.25, -0.2) is 9.78 Å². The minimum absolute atomic E-state index is 0.157. The van der Waals surface area contributed by atoms with Gasteiger partial charge >= 0.3 is 5.97 Å². The van der Waals surface area contributed by atoms with Crippen molar-refractivity contribution in [2.45, 2.75) is 20.4 Å². The van der Waals surface area contributed by atoms with E-state index in [0.717, 1.165) is 21.2 Å². The first-order valence-electron chi connectivity index (χ1n) is 9.48. The van der Waals surface area contributed by atoms with Crippen LogP contribution in [0.25, 0.3) is 22.6 Å². The number of halogens is 1. The molecule has 0 aliphatic rings. The fourth-order valence-electron chi connectivity index (χ4n) is 3.27. The summed E-state index contributed by atoms with van der Waals surface area (Å²) in [6.45, 7) is 4.41. The van der Waals surface area contributed by atoms with Gasteiger partial charge in [-0.1, -0.05) is 40.2 Å². The smallest absolute Gasteiger partial charge is 0.338 e. The summed E-state index contributed by atoms with van der Waals surface area (Å²) >= 11 is 3.53. The van der Waals surface area contributed by atoms with Crippen LogP contribution in [0, 0.1) is 19.3 Å².